The molecule has 2 aromatic rings. The summed E-state index contributed by atoms with van der Waals surface area (Å²) in [4.78, 5) is 16.7. The van der Waals surface area contributed by atoms with Crippen LogP contribution in [-0.4, -0.2) is 59.5 Å². The molecule has 5 rings (SSSR count). The van der Waals surface area contributed by atoms with E-state index in [0.717, 1.165) is 86.5 Å². The molecule has 0 spiro atoms. The fourth-order valence-corrected chi connectivity index (χ4v) is 4.14. The van der Waals surface area contributed by atoms with Crippen LogP contribution in [0.2, 0.25) is 0 Å². The number of aliphatic imine (C=N–C) groups is 1. The molecule has 30 heavy (non-hydrogen) atoms. The topological polar surface area (TPSA) is 103 Å². The number of benzene rings is 1. The van der Waals surface area contributed by atoms with Crippen LogP contribution in [-0.2, 0) is 11.3 Å². The predicted molar refractivity (Wildman–Crippen MR) is 119 cm³/mol. The summed E-state index contributed by atoms with van der Waals surface area (Å²) in [5.41, 5.74) is 18.1. The summed E-state index contributed by atoms with van der Waals surface area (Å²) in [6.45, 7) is 4.45. The Labute approximate surface area is 177 Å². The van der Waals surface area contributed by atoms with Gasteiger partial charge >= 0.3 is 0 Å². The Hall–Kier alpha value is -2.35. The van der Waals surface area contributed by atoms with Crippen LogP contribution in [0.25, 0.3) is 16.6 Å². The summed E-state index contributed by atoms with van der Waals surface area (Å²) in [7, 11) is 0. The lowest BCUT2D eigenvalue weighted by atomic mass is 9.88. The fourth-order valence-electron chi connectivity index (χ4n) is 4.14. The smallest absolute Gasteiger partial charge is 0.0925 e. The van der Waals surface area contributed by atoms with Crippen molar-refractivity contribution < 1.29 is 4.74 Å². The number of aromatic nitrogens is 2. The molecule has 7 nitrogen and oxygen atoms in total. The van der Waals surface area contributed by atoms with Gasteiger partial charge in [0.25, 0.3) is 0 Å². The maximum Gasteiger partial charge on any atom is 0.0925 e. The third-order valence-electron chi connectivity index (χ3n) is 6.28. The van der Waals surface area contributed by atoms with E-state index in [0.29, 0.717) is 12.0 Å². The van der Waals surface area contributed by atoms with Crippen molar-refractivity contribution in [2.75, 3.05) is 26.3 Å². The molecular weight excluding hydrogens is 376 g/mol. The average Bonchev–Trinajstić information content (AvgIpc) is 3.58. The zero-order chi connectivity index (χ0) is 20.5. The highest BCUT2D eigenvalue weighted by molar-refractivity contribution is 6.10. The van der Waals surface area contributed by atoms with Crippen LogP contribution in [0.15, 0.2) is 35.1 Å². The first-order valence-electron chi connectivity index (χ1n) is 11.0. The zero-order valence-corrected chi connectivity index (χ0v) is 17.3. The molecule has 3 fully saturated rings. The van der Waals surface area contributed by atoms with Crippen LogP contribution in [0, 0.1) is 5.92 Å². The highest BCUT2D eigenvalue weighted by Gasteiger charge is 2.28. The third-order valence-corrected chi connectivity index (χ3v) is 6.28. The Balaban J connectivity index is 1.42. The third kappa shape index (κ3) is 4.38. The lowest BCUT2D eigenvalue weighted by molar-refractivity contribution is 0.0342. The molecule has 0 bridgehead atoms. The molecule has 1 saturated heterocycles. The van der Waals surface area contributed by atoms with E-state index in [9.17, 15) is 0 Å². The number of fused-ring (bicyclic) bond motifs is 1. The minimum Gasteiger partial charge on any atom is -0.401 e. The van der Waals surface area contributed by atoms with Crippen molar-refractivity contribution in [1.82, 2.24) is 14.9 Å². The van der Waals surface area contributed by atoms with Gasteiger partial charge in [-0.1, -0.05) is 6.07 Å². The summed E-state index contributed by atoms with van der Waals surface area (Å²) in [6.07, 6.45) is 7.91. The van der Waals surface area contributed by atoms with Gasteiger partial charge in [-0.05, 0) is 49.3 Å². The minimum absolute atomic E-state index is 0.283. The molecule has 2 saturated carbocycles. The van der Waals surface area contributed by atoms with Gasteiger partial charge < -0.3 is 16.2 Å². The molecule has 0 radical (unpaired) electrons. The van der Waals surface area contributed by atoms with E-state index in [4.69, 9.17) is 26.2 Å². The molecule has 0 atom stereocenters. The molecule has 2 aliphatic carbocycles. The standard InChI is InChI=1S/C23H30N6O/c24-17-10-18(11-17)26-12-19(23(25)16-2-3-16)22-13-27-20-4-1-15(9-21(20)28-22)14-29-5-7-30-8-6-29/h1,4,9,12-13,16-18H,2-3,5-8,10-11,14,24-25H2. The number of ether oxygens (including phenoxy) is 1. The van der Waals surface area contributed by atoms with Crippen molar-refractivity contribution in [2.45, 2.75) is 44.3 Å². The molecule has 7 heteroatoms. The Morgan fingerprint density at radius 3 is 2.73 bits per heavy atom. The van der Waals surface area contributed by atoms with Crippen molar-refractivity contribution in [3.8, 4) is 0 Å². The first kappa shape index (κ1) is 19.6. The first-order chi connectivity index (χ1) is 14.7. The molecule has 1 aliphatic heterocycles. The van der Waals surface area contributed by atoms with Crippen LogP contribution >= 0.6 is 0 Å². The summed E-state index contributed by atoms with van der Waals surface area (Å²) in [6, 6.07) is 6.93. The molecule has 0 amide bonds. The van der Waals surface area contributed by atoms with Gasteiger partial charge in [0.15, 0.2) is 0 Å². The van der Waals surface area contributed by atoms with Gasteiger partial charge in [-0.2, -0.15) is 0 Å². The monoisotopic (exact) mass is 406 g/mol. The minimum atomic E-state index is 0.283. The highest BCUT2D eigenvalue weighted by atomic mass is 16.5. The Kier molecular flexibility index (Phi) is 5.50. The second kappa shape index (κ2) is 8.41. The second-order valence-electron chi connectivity index (χ2n) is 8.77. The number of morpholine rings is 1. The van der Waals surface area contributed by atoms with Gasteiger partial charge in [0.2, 0.25) is 0 Å². The molecule has 0 unspecified atom stereocenters. The van der Waals surface area contributed by atoms with Crippen LogP contribution in [0.3, 0.4) is 0 Å². The van der Waals surface area contributed by atoms with E-state index in [-0.39, 0.29) is 6.04 Å². The Morgan fingerprint density at radius 1 is 1.20 bits per heavy atom. The Morgan fingerprint density at radius 2 is 2.00 bits per heavy atom. The van der Waals surface area contributed by atoms with E-state index in [1.165, 1.54) is 5.56 Å². The normalized spacial score (nSPS) is 26.0. The van der Waals surface area contributed by atoms with Crippen molar-refractivity contribution in [2.24, 2.45) is 22.4 Å². The van der Waals surface area contributed by atoms with E-state index in [2.05, 4.69) is 28.1 Å². The van der Waals surface area contributed by atoms with Gasteiger partial charge in [-0.15, -0.1) is 0 Å². The molecule has 4 N–H and O–H groups in total. The largest absolute Gasteiger partial charge is 0.401 e. The van der Waals surface area contributed by atoms with Gasteiger partial charge in [0.1, 0.15) is 0 Å². The number of hydrogen-bond donors (Lipinski definition) is 2. The lowest BCUT2D eigenvalue weighted by Crippen LogP contribution is -2.39. The maximum atomic E-state index is 6.50. The van der Waals surface area contributed by atoms with Gasteiger partial charge in [0.05, 0.1) is 42.2 Å². The molecular formula is C23H30N6O. The maximum absolute atomic E-state index is 6.50. The lowest BCUT2D eigenvalue weighted by Gasteiger charge is -2.28. The number of allylic oxidation sites excluding steroid dienone is 2. The van der Waals surface area contributed by atoms with Gasteiger partial charge in [-0.3, -0.25) is 14.9 Å². The highest BCUT2D eigenvalue weighted by Crippen LogP contribution is 2.37. The van der Waals surface area contributed by atoms with E-state index >= 15 is 0 Å². The molecule has 2 heterocycles. The molecule has 158 valence electrons. The fraction of sp³-hybridized carbons (Fsp3) is 0.522. The van der Waals surface area contributed by atoms with Crippen LogP contribution in [0.1, 0.15) is 36.9 Å². The summed E-state index contributed by atoms with van der Waals surface area (Å²) >= 11 is 0. The number of nitrogens with zero attached hydrogens (tertiary/aromatic N) is 4. The SMILES string of the molecule is NC(=C(C=NC1CC(N)C1)c1cnc2ccc(CN3CCOCC3)cc2n1)C1CC1. The quantitative estimate of drug-likeness (QED) is 0.712. The van der Waals surface area contributed by atoms with Gasteiger partial charge in [0, 0.05) is 43.2 Å². The summed E-state index contributed by atoms with van der Waals surface area (Å²) < 4.78 is 5.45. The summed E-state index contributed by atoms with van der Waals surface area (Å²) in [5, 5.41) is 0. The van der Waals surface area contributed by atoms with Crippen molar-refractivity contribution in [3.05, 3.63) is 41.4 Å². The second-order valence-corrected chi connectivity index (χ2v) is 8.77. The molecule has 3 aliphatic rings. The predicted octanol–water partition coefficient (Wildman–Crippen LogP) is 2.10. The van der Waals surface area contributed by atoms with Crippen LogP contribution in [0.5, 0.6) is 0 Å². The number of hydrogen-bond acceptors (Lipinski definition) is 7. The number of rotatable bonds is 6. The number of nitrogens with two attached hydrogens (primary N) is 2. The first-order valence-corrected chi connectivity index (χ1v) is 11.0. The Bertz CT molecular complexity index is 971. The molecule has 1 aromatic carbocycles. The zero-order valence-electron chi connectivity index (χ0n) is 17.3. The van der Waals surface area contributed by atoms with Crippen molar-refractivity contribution in [3.63, 3.8) is 0 Å². The van der Waals surface area contributed by atoms with E-state index in [1.54, 1.807) is 0 Å². The van der Waals surface area contributed by atoms with E-state index in [1.807, 2.05) is 12.4 Å². The van der Waals surface area contributed by atoms with Gasteiger partial charge in [-0.25, -0.2) is 4.98 Å². The van der Waals surface area contributed by atoms with Crippen LogP contribution < -0.4 is 11.5 Å². The van der Waals surface area contributed by atoms with E-state index < -0.39 is 0 Å². The molecule has 1 aromatic heterocycles. The van der Waals surface area contributed by atoms with Crippen molar-refractivity contribution >= 4 is 22.8 Å². The average molecular weight is 407 g/mol. The van der Waals surface area contributed by atoms with Crippen LogP contribution in [0.4, 0.5) is 0 Å². The summed E-state index contributed by atoms with van der Waals surface area (Å²) in [5.74, 6) is 0.445. The van der Waals surface area contributed by atoms with Crippen molar-refractivity contribution in [1.29, 1.82) is 0 Å².